The Morgan fingerprint density at radius 1 is 1.00 bits per heavy atom. The van der Waals surface area contributed by atoms with Gasteiger partial charge in [-0.05, 0) is 25.5 Å². The van der Waals surface area contributed by atoms with Gasteiger partial charge in [0.05, 0.1) is 20.3 Å². The molecule has 0 bridgehead atoms. The van der Waals surface area contributed by atoms with Gasteiger partial charge in [-0.15, -0.1) is 0 Å². The standard InChI is InChI=1S/C19H23NO2/c1-14(20-15(2)16-9-6-5-7-10-16)13-17-11-8-12-18(21-3)19(17)22-4/h5-12,15H,13H2,1-4H3/t15-/m1/s1. The summed E-state index contributed by atoms with van der Waals surface area (Å²) in [6.07, 6.45) is 0.748. The molecule has 2 aromatic carbocycles. The molecule has 2 aromatic rings. The predicted molar refractivity (Wildman–Crippen MR) is 91.2 cm³/mol. The van der Waals surface area contributed by atoms with Gasteiger partial charge in [-0.3, -0.25) is 4.99 Å². The first kappa shape index (κ1) is 16.1. The summed E-state index contributed by atoms with van der Waals surface area (Å²) in [5, 5.41) is 0. The molecule has 0 amide bonds. The molecule has 0 aromatic heterocycles. The molecule has 0 heterocycles. The van der Waals surface area contributed by atoms with Crippen LogP contribution in [0, 0.1) is 0 Å². The molecule has 1 atom stereocenters. The van der Waals surface area contributed by atoms with Crippen LogP contribution in [-0.2, 0) is 6.42 Å². The van der Waals surface area contributed by atoms with Crippen molar-refractivity contribution in [1.82, 2.24) is 0 Å². The fraction of sp³-hybridized carbons (Fsp3) is 0.316. The van der Waals surface area contributed by atoms with Gasteiger partial charge in [0.2, 0.25) is 0 Å². The van der Waals surface area contributed by atoms with E-state index in [-0.39, 0.29) is 6.04 Å². The highest BCUT2D eigenvalue weighted by molar-refractivity contribution is 5.85. The fourth-order valence-corrected chi connectivity index (χ4v) is 2.55. The van der Waals surface area contributed by atoms with Crippen LogP contribution in [0.1, 0.15) is 31.0 Å². The third-order valence-electron chi connectivity index (χ3n) is 3.63. The minimum atomic E-state index is 0.151. The van der Waals surface area contributed by atoms with E-state index >= 15 is 0 Å². The van der Waals surface area contributed by atoms with E-state index in [1.165, 1.54) is 5.56 Å². The minimum absolute atomic E-state index is 0.151. The molecule has 116 valence electrons. The summed E-state index contributed by atoms with van der Waals surface area (Å²) >= 11 is 0. The monoisotopic (exact) mass is 297 g/mol. The maximum absolute atomic E-state index is 5.48. The zero-order valence-corrected chi connectivity index (χ0v) is 13.7. The zero-order chi connectivity index (χ0) is 15.9. The molecule has 3 nitrogen and oxygen atoms in total. The molecule has 3 heteroatoms. The van der Waals surface area contributed by atoms with Crippen LogP contribution in [-0.4, -0.2) is 19.9 Å². The second-order valence-corrected chi connectivity index (χ2v) is 5.28. The van der Waals surface area contributed by atoms with E-state index in [9.17, 15) is 0 Å². The number of nitrogens with zero attached hydrogens (tertiary/aromatic N) is 1. The molecule has 0 saturated carbocycles. The lowest BCUT2D eigenvalue weighted by molar-refractivity contribution is 0.352. The Labute approximate surface area is 132 Å². The summed E-state index contributed by atoms with van der Waals surface area (Å²) in [5.41, 5.74) is 3.38. The highest BCUT2D eigenvalue weighted by atomic mass is 16.5. The molecule has 2 rings (SSSR count). The topological polar surface area (TPSA) is 30.8 Å². The quantitative estimate of drug-likeness (QED) is 0.737. The van der Waals surface area contributed by atoms with Crippen molar-refractivity contribution < 1.29 is 9.47 Å². The van der Waals surface area contributed by atoms with Crippen molar-refractivity contribution in [3.05, 3.63) is 59.7 Å². The first-order chi connectivity index (χ1) is 10.7. The third-order valence-corrected chi connectivity index (χ3v) is 3.63. The second kappa shape index (κ2) is 7.64. The van der Waals surface area contributed by atoms with Crippen molar-refractivity contribution in [2.45, 2.75) is 26.3 Å². The first-order valence-electron chi connectivity index (χ1n) is 7.43. The Bertz CT molecular complexity index is 635. The number of para-hydroxylation sites is 1. The molecular weight excluding hydrogens is 274 g/mol. The minimum Gasteiger partial charge on any atom is -0.493 e. The highest BCUT2D eigenvalue weighted by Gasteiger charge is 2.11. The average Bonchev–Trinajstić information content (AvgIpc) is 2.55. The Hall–Kier alpha value is -2.29. The SMILES string of the molecule is COc1cccc(CC(C)=N[C@H](C)c2ccccc2)c1OC. The number of aliphatic imine (C=N–C) groups is 1. The normalized spacial score (nSPS) is 12.8. The largest absolute Gasteiger partial charge is 0.493 e. The smallest absolute Gasteiger partial charge is 0.164 e. The Morgan fingerprint density at radius 2 is 1.73 bits per heavy atom. The van der Waals surface area contributed by atoms with Crippen LogP contribution in [0.25, 0.3) is 0 Å². The summed E-state index contributed by atoms with van der Waals surface area (Å²) in [5.74, 6) is 1.54. The van der Waals surface area contributed by atoms with Gasteiger partial charge in [-0.25, -0.2) is 0 Å². The molecule has 0 unspecified atom stereocenters. The zero-order valence-electron chi connectivity index (χ0n) is 13.7. The number of hydrogen-bond donors (Lipinski definition) is 0. The maximum atomic E-state index is 5.48. The Kier molecular flexibility index (Phi) is 5.59. The molecule has 0 N–H and O–H groups in total. The molecule has 0 aliphatic rings. The summed E-state index contributed by atoms with van der Waals surface area (Å²) < 4.78 is 10.8. The van der Waals surface area contributed by atoms with Crippen LogP contribution in [0.3, 0.4) is 0 Å². The van der Waals surface area contributed by atoms with Crippen LogP contribution >= 0.6 is 0 Å². The molecule has 22 heavy (non-hydrogen) atoms. The van der Waals surface area contributed by atoms with Crippen LogP contribution in [0.4, 0.5) is 0 Å². The van der Waals surface area contributed by atoms with Gasteiger partial charge in [0, 0.05) is 17.7 Å². The van der Waals surface area contributed by atoms with Crippen molar-refractivity contribution in [1.29, 1.82) is 0 Å². The summed E-state index contributed by atoms with van der Waals surface area (Å²) in [6, 6.07) is 16.4. The molecule has 0 spiro atoms. The van der Waals surface area contributed by atoms with Gasteiger partial charge in [0.1, 0.15) is 0 Å². The molecule has 0 aliphatic heterocycles. The number of hydrogen-bond acceptors (Lipinski definition) is 3. The van der Waals surface area contributed by atoms with Crippen LogP contribution in [0.5, 0.6) is 11.5 Å². The van der Waals surface area contributed by atoms with E-state index in [0.29, 0.717) is 0 Å². The van der Waals surface area contributed by atoms with E-state index in [4.69, 9.17) is 14.5 Å². The molecular formula is C19H23NO2. The van der Waals surface area contributed by atoms with Crippen LogP contribution in [0.15, 0.2) is 53.5 Å². The Balaban J connectivity index is 2.18. The number of ether oxygens (including phenoxy) is 2. The van der Waals surface area contributed by atoms with E-state index in [2.05, 4.69) is 26.0 Å². The Morgan fingerprint density at radius 3 is 2.36 bits per heavy atom. The van der Waals surface area contributed by atoms with Crippen molar-refractivity contribution in [3.8, 4) is 11.5 Å². The summed E-state index contributed by atoms with van der Waals surface area (Å²) in [4.78, 5) is 4.79. The maximum Gasteiger partial charge on any atom is 0.164 e. The number of benzene rings is 2. The van der Waals surface area contributed by atoms with E-state index in [0.717, 1.165) is 29.2 Å². The lowest BCUT2D eigenvalue weighted by Gasteiger charge is -2.13. The predicted octanol–water partition coefficient (Wildman–Crippen LogP) is 4.47. The molecule has 0 radical (unpaired) electrons. The lowest BCUT2D eigenvalue weighted by atomic mass is 10.1. The van der Waals surface area contributed by atoms with Gasteiger partial charge in [-0.2, -0.15) is 0 Å². The number of rotatable bonds is 6. The van der Waals surface area contributed by atoms with Crippen molar-refractivity contribution in [2.75, 3.05) is 14.2 Å². The first-order valence-corrected chi connectivity index (χ1v) is 7.43. The van der Waals surface area contributed by atoms with Crippen LogP contribution < -0.4 is 9.47 Å². The van der Waals surface area contributed by atoms with Crippen molar-refractivity contribution in [3.63, 3.8) is 0 Å². The van der Waals surface area contributed by atoms with Gasteiger partial charge >= 0.3 is 0 Å². The average molecular weight is 297 g/mol. The highest BCUT2D eigenvalue weighted by Crippen LogP contribution is 2.31. The summed E-state index contributed by atoms with van der Waals surface area (Å²) in [6.45, 7) is 4.17. The van der Waals surface area contributed by atoms with E-state index < -0.39 is 0 Å². The lowest BCUT2D eigenvalue weighted by Crippen LogP contribution is -2.04. The molecule has 0 fully saturated rings. The number of methoxy groups -OCH3 is 2. The van der Waals surface area contributed by atoms with Crippen molar-refractivity contribution in [2.24, 2.45) is 4.99 Å². The second-order valence-electron chi connectivity index (χ2n) is 5.28. The van der Waals surface area contributed by atoms with Crippen molar-refractivity contribution >= 4 is 5.71 Å². The van der Waals surface area contributed by atoms with E-state index in [1.807, 2.05) is 36.4 Å². The van der Waals surface area contributed by atoms with Gasteiger partial charge < -0.3 is 9.47 Å². The van der Waals surface area contributed by atoms with Crippen LogP contribution in [0.2, 0.25) is 0 Å². The fourth-order valence-electron chi connectivity index (χ4n) is 2.55. The van der Waals surface area contributed by atoms with Gasteiger partial charge in [-0.1, -0.05) is 42.5 Å². The van der Waals surface area contributed by atoms with E-state index in [1.54, 1.807) is 14.2 Å². The molecule has 0 aliphatic carbocycles. The van der Waals surface area contributed by atoms with Gasteiger partial charge in [0.15, 0.2) is 11.5 Å². The third kappa shape index (κ3) is 3.88. The van der Waals surface area contributed by atoms with Gasteiger partial charge in [0.25, 0.3) is 0 Å². The molecule has 0 saturated heterocycles. The summed E-state index contributed by atoms with van der Waals surface area (Å²) in [7, 11) is 3.32.